The van der Waals surface area contributed by atoms with Crippen LogP contribution in [0.3, 0.4) is 0 Å². The van der Waals surface area contributed by atoms with Gasteiger partial charge in [0.2, 0.25) is 0 Å². The summed E-state index contributed by atoms with van der Waals surface area (Å²) in [6.07, 6.45) is 0. The third-order valence-corrected chi connectivity index (χ3v) is 7.77. The summed E-state index contributed by atoms with van der Waals surface area (Å²) in [7, 11) is 0. The molecule has 0 aliphatic rings. The standard InChI is InChI=1S/C13H9Br3Cl2OS/c1-2-19-10-5-8(17)6(3-9(10)18)12(15)11-4-7(14)13(16)20-11/h3-5,12H,2H2,1H3. The van der Waals surface area contributed by atoms with E-state index in [9.17, 15) is 0 Å². The molecule has 0 N–H and O–H groups in total. The Labute approximate surface area is 157 Å². The van der Waals surface area contributed by atoms with Crippen molar-refractivity contribution >= 4 is 82.3 Å². The highest BCUT2D eigenvalue weighted by atomic mass is 79.9. The average Bonchev–Trinajstić information content (AvgIpc) is 2.73. The van der Waals surface area contributed by atoms with E-state index in [1.807, 2.05) is 13.0 Å². The molecule has 1 heterocycles. The molecule has 20 heavy (non-hydrogen) atoms. The maximum atomic E-state index is 6.34. The van der Waals surface area contributed by atoms with Crippen LogP contribution in [0.5, 0.6) is 5.75 Å². The molecule has 0 aliphatic carbocycles. The van der Waals surface area contributed by atoms with Crippen molar-refractivity contribution in [1.29, 1.82) is 0 Å². The van der Waals surface area contributed by atoms with Crippen molar-refractivity contribution in [1.82, 2.24) is 0 Å². The minimum atomic E-state index is -0.0178. The fraction of sp³-hybridized carbons (Fsp3) is 0.231. The molecule has 1 nitrogen and oxygen atoms in total. The molecule has 0 aliphatic heterocycles. The number of benzene rings is 1. The third kappa shape index (κ3) is 3.73. The van der Waals surface area contributed by atoms with Crippen LogP contribution in [0.4, 0.5) is 0 Å². The third-order valence-electron chi connectivity index (χ3n) is 2.54. The second-order valence-corrected chi connectivity index (χ2v) is 8.86. The van der Waals surface area contributed by atoms with E-state index in [-0.39, 0.29) is 4.83 Å². The molecule has 0 amide bonds. The van der Waals surface area contributed by atoms with E-state index < -0.39 is 0 Å². The van der Waals surface area contributed by atoms with Gasteiger partial charge in [0, 0.05) is 20.4 Å². The lowest BCUT2D eigenvalue weighted by atomic mass is 10.1. The lowest BCUT2D eigenvalue weighted by molar-refractivity contribution is 0.340. The highest BCUT2D eigenvalue weighted by molar-refractivity contribution is 9.13. The first kappa shape index (κ1) is 17.1. The van der Waals surface area contributed by atoms with Gasteiger partial charge in [-0.15, -0.1) is 11.3 Å². The largest absolute Gasteiger partial charge is 0.492 e. The maximum Gasteiger partial charge on any atom is 0.139 e. The minimum absolute atomic E-state index is 0.0178. The zero-order valence-corrected chi connectivity index (χ0v) is 17.3. The summed E-state index contributed by atoms with van der Waals surface area (Å²) in [6, 6.07) is 5.65. The van der Waals surface area contributed by atoms with Crippen LogP contribution < -0.4 is 4.74 Å². The lowest BCUT2D eigenvalue weighted by Crippen LogP contribution is -1.96. The smallest absolute Gasteiger partial charge is 0.139 e. The van der Waals surface area contributed by atoms with Crippen LogP contribution in [0.1, 0.15) is 22.2 Å². The molecule has 1 unspecified atom stereocenters. The quantitative estimate of drug-likeness (QED) is 0.378. The van der Waals surface area contributed by atoms with Gasteiger partial charge in [-0.25, -0.2) is 0 Å². The van der Waals surface area contributed by atoms with Crippen molar-refractivity contribution in [3.8, 4) is 5.75 Å². The fourth-order valence-electron chi connectivity index (χ4n) is 1.65. The monoisotopic (exact) mass is 520 g/mol. The first-order chi connectivity index (χ1) is 9.43. The number of thiophene rings is 1. The van der Waals surface area contributed by atoms with Gasteiger partial charge in [0.15, 0.2) is 0 Å². The van der Waals surface area contributed by atoms with Crippen LogP contribution in [-0.4, -0.2) is 6.61 Å². The van der Waals surface area contributed by atoms with E-state index in [0.717, 1.165) is 18.7 Å². The summed E-state index contributed by atoms with van der Waals surface area (Å²) in [4.78, 5) is 1.11. The van der Waals surface area contributed by atoms with Crippen molar-refractivity contribution in [3.05, 3.63) is 46.9 Å². The van der Waals surface area contributed by atoms with Gasteiger partial charge in [0.1, 0.15) is 5.75 Å². The molecule has 2 aromatic rings. The summed E-state index contributed by atoms with van der Waals surface area (Å²) in [5.74, 6) is 0.608. The number of alkyl halides is 1. The normalized spacial score (nSPS) is 12.5. The lowest BCUT2D eigenvalue weighted by Gasteiger charge is -2.13. The van der Waals surface area contributed by atoms with Crippen LogP contribution in [-0.2, 0) is 0 Å². The second kappa shape index (κ2) is 7.34. The zero-order chi connectivity index (χ0) is 14.9. The summed E-state index contributed by atoms with van der Waals surface area (Å²) in [5, 5.41) is 1.19. The van der Waals surface area contributed by atoms with E-state index in [0.29, 0.717) is 22.4 Å². The summed E-state index contributed by atoms with van der Waals surface area (Å²) in [5.41, 5.74) is 0.918. The van der Waals surface area contributed by atoms with Gasteiger partial charge in [-0.3, -0.25) is 0 Å². The molecule has 0 saturated heterocycles. The Morgan fingerprint density at radius 2 is 1.90 bits per heavy atom. The summed E-state index contributed by atoms with van der Waals surface area (Å²) in [6.45, 7) is 2.46. The Morgan fingerprint density at radius 1 is 1.20 bits per heavy atom. The Morgan fingerprint density at radius 3 is 2.45 bits per heavy atom. The molecular weight excluding hydrogens is 515 g/mol. The predicted octanol–water partition coefficient (Wildman–Crippen LogP) is 7.46. The fourth-order valence-corrected chi connectivity index (χ4v) is 5.15. The molecule has 1 aromatic carbocycles. The number of hydrogen-bond acceptors (Lipinski definition) is 2. The molecule has 7 heteroatoms. The highest BCUT2D eigenvalue weighted by Gasteiger charge is 2.19. The van der Waals surface area contributed by atoms with Crippen LogP contribution >= 0.6 is 82.3 Å². The topological polar surface area (TPSA) is 9.23 Å². The SMILES string of the molecule is CCOc1cc(Cl)c(C(Br)c2cc(Br)c(Br)s2)cc1Cl. The molecule has 0 fully saturated rings. The van der Waals surface area contributed by atoms with Crippen LogP contribution in [0.2, 0.25) is 10.0 Å². The van der Waals surface area contributed by atoms with Crippen LogP contribution in [0.25, 0.3) is 0 Å². The first-order valence-electron chi connectivity index (χ1n) is 5.64. The Bertz CT molecular complexity index is 611. The summed E-state index contributed by atoms with van der Waals surface area (Å²) >= 11 is 24.9. The molecule has 0 saturated carbocycles. The van der Waals surface area contributed by atoms with Gasteiger partial charge >= 0.3 is 0 Å². The maximum absolute atomic E-state index is 6.34. The number of halogens is 5. The average molecular weight is 524 g/mol. The molecule has 0 bridgehead atoms. The highest BCUT2D eigenvalue weighted by Crippen LogP contribution is 2.45. The Hall–Kier alpha value is 0.740. The molecular formula is C13H9Br3Cl2OS. The molecule has 2 rings (SSSR count). The summed E-state index contributed by atoms with van der Waals surface area (Å²) < 4.78 is 7.51. The Balaban J connectivity index is 2.39. The van der Waals surface area contributed by atoms with E-state index in [1.165, 1.54) is 0 Å². The molecule has 1 aromatic heterocycles. The molecule has 0 spiro atoms. The predicted molar refractivity (Wildman–Crippen MR) is 98.1 cm³/mol. The molecule has 108 valence electrons. The van der Waals surface area contributed by atoms with E-state index in [2.05, 4.69) is 53.9 Å². The van der Waals surface area contributed by atoms with Crippen LogP contribution in [0.15, 0.2) is 26.5 Å². The molecule has 1 atom stereocenters. The van der Waals surface area contributed by atoms with Crippen LogP contribution in [0, 0.1) is 0 Å². The van der Waals surface area contributed by atoms with E-state index in [1.54, 1.807) is 17.4 Å². The van der Waals surface area contributed by atoms with Gasteiger partial charge in [-0.2, -0.15) is 0 Å². The number of ether oxygens (including phenoxy) is 1. The first-order valence-corrected chi connectivity index (χ1v) is 9.72. The molecule has 0 radical (unpaired) electrons. The van der Waals surface area contributed by atoms with Crippen molar-refractivity contribution in [2.24, 2.45) is 0 Å². The van der Waals surface area contributed by atoms with Gasteiger partial charge in [0.05, 0.1) is 20.2 Å². The van der Waals surface area contributed by atoms with Gasteiger partial charge in [-0.05, 0) is 56.5 Å². The van der Waals surface area contributed by atoms with Gasteiger partial charge in [0.25, 0.3) is 0 Å². The van der Waals surface area contributed by atoms with E-state index in [4.69, 9.17) is 27.9 Å². The minimum Gasteiger partial charge on any atom is -0.492 e. The van der Waals surface area contributed by atoms with Gasteiger partial charge in [-0.1, -0.05) is 39.1 Å². The Kier molecular flexibility index (Phi) is 6.27. The van der Waals surface area contributed by atoms with Gasteiger partial charge < -0.3 is 4.74 Å². The van der Waals surface area contributed by atoms with Crippen molar-refractivity contribution in [2.75, 3.05) is 6.61 Å². The van der Waals surface area contributed by atoms with E-state index >= 15 is 0 Å². The van der Waals surface area contributed by atoms with Crippen molar-refractivity contribution < 1.29 is 4.74 Å². The van der Waals surface area contributed by atoms with Crippen molar-refractivity contribution in [3.63, 3.8) is 0 Å². The second-order valence-electron chi connectivity index (χ2n) is 3.87. The zero-order valence-electron chi connectivity index (χ0n) is 10.2. The number of rotatable bonds is 4. The number of hydrogen-bond donors (Lipinski definition) is 0. The van der Waals surface area contributed by atoms with Crippen molar-refractivity contribution in [2.45, 2.75) is 11.8 Å².